The number of sulfone groups is 1. The summed E-state index contributed by atoms with van der Waals surface area (Å²) in [5, 5.41) is 7.38. The number of rotatable bonds is 5. The monoisotopic (exact) mass is 407 g/mol. The van der Waals surface area contributed by atoms with Crippen molar-refractivity contribution in [2.45, 2.75) is 24.1 Å². The Morgan fingerprint density at radius 1 is 1.11 bits per heavy atom. The van der Waals surface area contributed by atoms with Crippen molar-refractivity contribution < 1.29 is 22.0 Å². The van der Waals surface area contributed by atoms with Crippen molar-refractivity contribution in [1.82, 2.24) is 9.78 Å². The number of amides is 1. The van der Waals surface area contributed by atoms with Gasteiger partial charge in [-0.1, -0.05) is 30.3 Å². The fraction of sp³-hybridized carbons (Fsp3) is 0.167. The van der Waals surface area contributed by atoms with Gasteiger partial charge in [0.1, 0.15) is 6.54 Å². The maximum Gasteiger partial charge on any atom is 0.341 e. The number of carbonyl (C=O) groups excluding carboxylic acids is 1. The third-order valence-corrected chi connectivity index (χ3v) is 5.49. The summed E-state index contributed by atoms with van der Waals surface area (Å²) in [5.74, 6) is -4.40. The fourth-order valence-corrected chi connectivity index (χ4v) is 3.64. The zero-order valence-electron chi connectivity index (χ0n) is 14.6. The number of aromatic nitrogens is 2. The molecule has 28 heavy (non-hydrogen) atoms. The summed E-state index contributed by atoms with van der Waals surface area (Å²) >= 11 is 0. The largest absolute Gasteiger partial charge is 0.341 e. The van der Waals surface area contributed by atoms with E-state index in [2.05, 4.69) is 10.4 Å². The first-order valence-corrected chi connectivity index (χ1v) is 9.64. The molecule has 0 saturated heterocycles. The molecule has 1 heterocycles. The van der Waals surface area contributed by atoms with Crippen LogP contribution in [0.5, 0.6) is 0 Å². The Labute approximate surface area is 158 Å². The first-order chi connectivity index (χ1) is 13.2. The van der Waals surface area contributed by atoms with Gasteiger partial charge in [-0.15, -0.1) is 0 Å². The Kier molecular flexibility index (Phi) is 5.23. The highest BCUT2D eigenvalue weighted by molar-refractivity contribution is 7.91. The van der Waals surface area contributed by atoms with Gasteiger partial charge in [-0.2, -0.15) is 13.9 Å². The molecular formula is C18H15F2N3O4S. The highest BCUT2D eigenvalue weighted by Gasteiger charge is 2.29. The number of nitrogens with zero attached hydrogens (tertiary/aromatic N) is 2. The van der Waals surface area contributed by atoms with E-state index in [-0.39, 0.29) is 5.69 Å². The third-order valence-electron chi connectivity index (χ3n) is 4.05. The molecule has 7 nitrogen and oxygen atoms in total. The Morgan fingerprint density at radius 3 is 2.39 bits per heavy atom. The van der Waals surface area contributed by atoms with Gasteiger partial charge in [-0.05, 0) is 25.1 Å². The molecule has 3 aromatic rings. The zero-order chi connectivity index (χ0) is 20.5. The van der Waals surface area contributed by atoms with E-state index in [1.807, 2.05) is 0 Å². The molecule has 0 unspecified atom stereocenters. The second-order valence-corrected chi connectivity index (χ2v) is 7.83. The minimum absolute atomic E-state index is 0.293. The number of para-hydroxylation sites is 1. The minimum atomic E-state index is -4.90. The molecule has 2 aromatic carbocycles. The van der Waals surface area contributed by atoms with E-state index in [1.165, 1.54) is 18.2 Å². The molecule has 1 N–H and O–H groups in total. The Hall–Kier alpha value is -3.14. The van der Waals surface area contributed by atoms with Gasteiger partial charge in [0.05, 0.1) is 21.7 Å². The Bertz CT molecular complexity index is 1220. The number of benzene rings is 2. The first-order valence-electron chi connectivity index (χ1n) is 8.09. The zero-order valence-corrected chi connectivity index (χ0v) is 15.4. The van der Waals surface area contributed by atoms with E-state index in [1.54, 1.807) is 31.2 Å². The summed E-state index contributed by atoms with van der Waals surface area (Å²) < 4.78 is 50.2. The van der Waals surface area contributed by atoms with Gasteiger partial charge in [0.15, 0.2) is 0 Å². The summed E-state index contributed by atoms with van der Waals surface area (Å²) in [6.45, 7) is 1.17. The van der Waals surface area contributed by atoms with Gasteiger partial charge in [0.2, 0.25) is 15.7 Å². The molecule has 0 aliphatic carbocycles. The topological polar surface area (TPSA) is 98.1 Å². The lowest BCUT2D eigenvalue weighted by molar-refractivity contribution is -0.117. The highest BCUT2D eigenvalue weighted by Crippen LogP contribution is 2.26. The quantitative estimate of drug-likeness (QED) is 0.700. The maximum absolute atomic E-state index is 12.9. The van der Waals surface area contributed by atoms with Gasteiger partial charge >= 0.3 is 5.76 Å². The minimum Gasteiger partial charge on any atom is -0.323 e. The second-order valence-electron chi connectivity index (χ2n) is 5.94. The fourth-order valence-electron chi connectivity index (χ4n) is 2.75. The Balaban J connectivity index is 1.92. The van der Waals surface area contributed by atoms with E-state index in [4.69, 9.17) is 0 Å². The van der Waals surface area contributed by atoms with Crippen LogP contribution in [0.4, 0.5) is 14.5 Å². The van der Waals surface area contributed by atoms with Gasteiger partial charge in [-0.25, -0.2) is 13.1 Å². The molecule has 3 rings (SSSR count). The summed E-state index contributed by atoms with van der Waals surface area (Å²) in [6, 6.07) is 11.6. The average Bonchev–Trinajstić information content (AvgIpc) is 2.66. The second kappa shape index (κ2) is 7.47. The van der Waals surface area contributed by atoms with E-state index in [0.29, 0.717) is 16.5 Å². The number of carbonyl (C=O) groups is 1. The van der Waals surface area contributed by atoms with E-state index in [0.717, 1.165) is 10.7 Å². The van der Waals surface area contributed by atoms with Crippen LogP contribution in [0.3, 0.4) is 0 Å². The van der Waals surface area contributed by atoms with Crippen molar-refractivity contribution >= 4 is 32.2 Å². The molecule has 146 valence electrons. The molecular weight excluding hydrogens is 392 g/mol. The van der Waals surface area contributed by atoms with Crippen molar-refractivity contribution in [3.8, 4) is 0 Å². The smallest absolute Gasteiger partial charge is 0.323 e. The first kappa shape index (κ1) is 19.6. The van der Waals surface area contributed by atoms with Gasteiger partial charge in [-0.3, -0.25) is 9.59 Å². The molecule has 0 spiro atoms. The van der Waals surface area contributed by atoms with Gasteiger partial charge in [0.25, 0.3) is 5.56 Å². The number of fused-ring (bicyclic) bond motifs is 1. The standard InChI is InChI=1S/C18H15F2N3O4S/c1-11-12-6-2-3-7-13(12)17(25)23(22-11)10-16(24)21-14-8-4-5-9-15(14)28(26,27)18(19)20/h2-9,18H,10H2,1H3,(H,21,24). The maximum atomic E-state index is 12.9. The molecule has 0 saturated carbocycles. The number of anilines is 1. The molecule has 0 aliphatic heterocycles. The van der Waals surface area contributed by atoms with E-state index in [9.17, 15) is 26.8 Å². The molecule has 10 heteroatoms. The lowest BCUT2D eigenvalue weighted by atomic mass is 10.1. The van der Waals surface area contributed by atoms with Crippen LogP contribution in [-0.4, -0.2) is 29.9 Å². The summed E-state index contributed by atoms with van der Waals surface area (Å²) in [6.07, 6.45) is 0. The van der Waals surface area contributed by atoms with Crippen LogP contribution in [0.15, 0.2) is 58.2 Å². The molecule has 0 radical (unpaired) electrons. The van der Waals surface area contributed by atoms with Crippen LogP contribution in [0, 0.1) is 6.92 Å². The number of halogens is 2. The predicted octanol–water partition coefficient (Wildman–Crippen LogP) is 2.34. The van der Waals surface area contributed by atoms with Crippen molar-refractivity contribution in [2.24, 2.45) is 0 Å². The average molecular weight is 407 g/mol. The molecule has 1 aromatic heterocycles. The van der Waals surface area contributed by atoms with Gasteiger partial charge < -0.3 is 5.32 Å². The lowest BCUT2D eigenvalue weighted by Gasteiger charge is -2.12. The number of aryl methyl sites for hydroxylation is 1. The Morgan fingerprint density at radius 2 is 1.71 bits per heavy atom. The van der Waals surface area contributed by atoms with Crippen LogP contribution in [-0.2, 0) is 21.2 Å². The molecule has 0 bridgehead atoms. The van der Waals surface area contributed by atoms with Crippen LogP contribution < -0.4 is 10.9 Å². The van der Waals surface area contributed by atoms with Crippen molar-refractivity contribution in [3.05, 3.63) is 64.6 Å². The number of hydrogen-bond acceptors (Lipinski definition) is 5. The molecule has 0 aliphatic rings. The lowest BCUT2D eigenvalue weighted by Crippen LogP contribution is -2.30. The van der Waals surface area contributed by atoms with Crippen molar-refractivity contribution in [3.63, 3.8) is 0 Å². The number of nitrogens with one attached hydrogen (secondary N) is 1. The molecule has 0 atom stereocenters. The van der Waals surface area contributed by atoms with E-state index >= 15 is 0 Å². The number of alkyl halides is 2. The summed E-state index contributed by atoms with van der Waals surface area (Å²) in [5.41, 5.74) is -0.258. The molecule has 0 fully saturated rings. The van der Waals surface area contributed by atoms with Crippen molar-refractivity contribution in [1.29, 1.82) is 0 Å². The highest BCUT2D eigenvalue weighted by atomic mass is 32.2. The van der Waals surface area contributed by atoms with Crippen LogP contribution in [0.1, 0.15) is 5.69 Å². The molecule has 1 amide bonds. The van der Waals surface area contributed by atoms with E-state index < -0.39 is 38.5 Å². The number of hydrogen-bond donors (Lipinski definition) is 1. The summed E-state index contributed by atoms with van der Waals surface area (Å²) in [7, 11) is -4.90. The van der Waals surface area contributed by atoms with Crippen LogP contribution in [0.2, 0.25) is 0 Å². The predicted molar refractivity (Wildman–Crippen MR) is 99.0 cm³/mol. The van der Waals surface area contributed by atoms with Gasteiger partial charge in [0, 0.05) is 5.39 Å². The van der Waals surface area contributed by atoms with Crippen LogP contribution >= 0.6 is 0 Å². The third kappa shape index (κ3) is 3.63. The normalized spacial score (nSPS) is 11.7. The summed E-state index contributed by atoms with van der Waals surface area (Å²) in [4.78, 5) is 24.1. The van der Waals surface area contributed by atoms with Crippen LogP contribution in [0.25, 0.3) is 10.8 Å². The van der Waals surface area contributed by atoms with Crippen molar-refractivity contribution in [2.75, 3.05) is 5.32 Å². The SMILES string of the molecule is Cc1nn(CC(=O)Nc2ccccc2S(=O)(=O)C(F)F)c(=O)c2ccccc12.